The van der Waals surface area contributed by atoms with Gasteiger partial charge < -0.3 is 19.9 Å². The maximum absolute atomic E-state index is 5.19. The molecule has 2 aromatic heterocycles. The van der Waals surface area contributed by atoms with Gasteiger partial charge in [-0.25, -0.2) is 4.98 Å². The monoisotopic (exact) mass is 278 g/mol. The van der Waals surface area contributed by atoms with Crippen LogP contribution in [0.5, 0.6) is 0 Å². The van der Waals surface area contributed by atoms with E-state index >= 15 is 0 Å². The molecule has 0 aliphatic heterocycles. The lowest BCUT2D eigenvalue weighted by Gasteiger charge is -2.28. The fourth-order valence-corrected chi connectivity index (χ4v) is 2.06. The molecule has 0 aliphatic carbocycles. The summed E-state index contributed by atoms with van der Waals surface area (Å²) >= 11 is 0. The number of aromatic amines is 1. The zero-order valence-electron chi connectivity index (χ0n) is 12.5. The predicted molar refractivity (Wildman–Crippen MR) is 80.2 cm³/mol. The van der Waals surface area contributed by atoms with Crippen LogP contribution in [0.15, 0.2) is 6.33 Å². The Morgan fingerprint density at radius 1 is 1.40 bits per heavy atom. The zero-order chi connectivity index (χ0) is 14.5. The first-order valence-corrected chi connectivity index (χ1v) is 6.88. The molecule has 20 heavy (non-hydrogen) atoms. The number of imidazole rings is 1. The Hall–Kier alpha value is -1.89. The van der Waals surface area contributed by atoms with Crippen molar-refractivity contribution in [3.8, 4) is 0 Å². The van der Waals surface area contributed by atoms with Crippen molar-refractivity contribution in [1.29, 1.82) is 0 Å². The van der Waals surface area contributed by atoms with E-state index in [1.807, 2.05) is 6.92 Å². The molecule has 0 atom stereocenters. The van der Waals surface area contributed by atoms with Gasteiger partial charge in [0.05, 0.1) is 12.9 Å². The number of ether oxygens (including phenoxy) is 1. The lowest BCUT2D eigenvalue weighted by Crippen LogP contribution is -2.35. The lowest BCUT2D eigenvalue weighted by molar-refractivity contribution is 0.203. The maximum atomic E-state index is 5.19. The Bertz CT molecular complexity index is 553. The molecule has 0 saturated heterocycles. The number of nitrogens with one attached hydrogen (secondary N) is 2. The van der Waals surface area contributed by atoms with Crippen LogP contribution in [0, 0.1) is 0 Å². The molecule has 0 unspecified atom stereocenters. The number of nitrogens with zero attached hydrogens (tertiary/aromatic N) is 4. The molecule has 0 amide bonds. The number of fused-ring (bicyclic) bond motifs is 1. The highest BCUT2D eigenvalue weighted by Gasteiger charge is 2.18. The van der Waals surface area contributed by atoms with Gasteiger partial charge in [0.15, 0.2) is 11.5 Å². The van der Waals surface area contributed by atoms with Gasteiger partial charge >= 0.3 is 0 Å². The van der Waals surface area contributed by atoms with Crippen LogP contribution in [0.2, 0.25) is 0 Å². The first-order valence-electron chi connectivity index (χ1n) is 6.88. The minimum atomic E-state index is 0.307. The van der Waals surface area contributed by atoms with Crippen LogP contribution in [0.25, 0.3) is 11.2 Å². The van der Waals surface area contributed by atoms with Gasteiger partial charge in [-0.05, 0) is 20.8 Å². The number of rotatable bonds is 7. The lowest BCUT2D eigenvalue weighted by atomic mass is 10.3. The van der Waals surface area contributed by atoms with Crippen molar-refractivity contribution in [3.05, 3.63) is 6.33 Å². The molecule has 0 fully saturated rings. The van der Waals surface area contributed by atoms with Gasteiger partial charge in [0, 0.05) is 26.2 Å². The molecule has 0 radical (unpaired) electrons. The number of hydrogen-bond donors (Lipinski definition) is 2. The van der Waals surface area contributed by atoms with Crippen molar-refractivity contribution in [1.82, 2.24) is 19.9 Å². The van der Waals surface area contributed by atoms with Crippen LogP contribution in [-0.4, -0.2) is 52.8 Å². The quantitative estimate of drug-likeness (QED) is 0.801. The zero-order valence-corrected chi connectivity index (χ0v) is 12.5. The topological polar surface area (TPSA) is 79.0 Å². The van der Waals surface area contributed by atoms with E-state index in [-0.39, 0.29) is 0 Å². The Balaban J connectivity index is 2.45. The van der Waals surface area contributed by atoms with Crippen molar-refractivity contribution in [2.24, 2.45) is 0 Å². The molecule has 7 nitrogen and oxygen atoms in total. The SMILES string of the molecule is CCNc1nc(N(CCOC)C(C)C)c2[nH]cnc2n1. The first-order chi connectivity index (χ1) is 9.67. The summed E-state index contributed by atoms with van der Waals surface area (Å²) in [6.07, 6.45) is 1.65. The van der Waals surface area contributed by atoms with Crippen molar-refractivity contribution in [3.63, 3.8) is 0 Å². The molecule has 2 aromatic rings. The molecule has 0 aromatic carbocycles. The van der Waals surface area contributed by atoms with Crippen LogP contribution in [-0.2, 0) is 4.74 Å². The van der Waals surface area contributed by atoms with E-state index in [1.165, 1.54) is 0 Å². The van der Waals surface area contributed by atoms with Crippen molar-refractivity contribution in [2.45, 2.75) is 26.8 Å². The molecule has 2 heterocycles. The third-order valence-electron chi connectivity index (χ3n) is 3.03. The largest absolute Gasteiger partial charge is 0.383 e. The number of aromatic nitrogens is 4. The summed E-state index contributed by atoms with van der Waals surface area (Å²) in [5, 5.41) is 3.15. The Morgan fingerprint density at radius 3 is 2.85 bits per heavy atom. The Morgan fingerprint density at radius 2 is 2.20 bits per heavy atom. The first kappa shape index (κ1) is 14.5. The summed E-state index contributed by atoms with van der Waals surface area (Å²) in [7, 11) is 1.70. The summed E-state index contributed by atoms with van der Waals surface area (Å²) in [6.45, 7) is 8.47. The second-order valence-electron chi connectivity index (χ2n) is 4.78. The summed E-state index contributed by atoms with van der Waals surface area (Å²) < 4.78 is 5.19. The van der Waals surface area contributed by atoms with Crippen LogP contribution in [0.1, 0.15) is 20.8 Å². The highest BCUT2D eigenvalue weighted by atomic mass is 16.5. The van der Waals surface area contributed by atoms with E-state index in [0.29, 0.717) is 24.2 Å². The van der Waals surface area contributed by atoms with E-state index in [2.05, 4.69) is 44.0 Å². The summed E-state index contributed by atoms with van der Waals surface area (Å²) in [5.74, 6) is 1.46. The van der Waals surface area contributed by atoms with Crippen molar-refractivity contribution in [2.75, 3.05) is 37.0 Å². The van der Waals surface area contributed by atoms with E-state index < -0.39 is 0 Å². The summed E-state index contributed by atoms with van der Waals surface area (Å²) in [6, 6.07) is 0.307. The van der Waals surface area contributed by atoms with E-state index in [4.69, 9.17) is 4.74 Å². The number of hydrogen-bond acceptors (Lipinski definition) is 6. The minimum absolute atomic E-state index is 0.307. The molecule has 0 aliphatic rings. The van der Waals surface area contributed by atoms with Crippen LogP contribution in [0.3, 0.4) is 0 Å². The standard InChI is InChI=1S/C13H22N6O/c1-5-14-13-17-11-10(15-8-16-11)12(18-13)19(9(2)3)6-7-20-4/h8-9H,5-7H2,1-4H3,(H2,14,15,16,17,18). The smallest absolute Gasteiger partial charge is 0.226 e. The van der Waals surface area contributed by atoms with Gasteiger partial charge in [0.25, 0.3) is 0 Å². The normalized spacial score (nSPS) is 11.2. The molecule has 0 bridgehead atoms. The molecule has 0 spiro atoms. The Labute approximate surface area is 118 Å². The van der Waals surface area contributed by atoms with Crippen LogP contribution in [0.4, 0.5) is 11.8 Å². The maximum Gasteiger partial charge on any atom is 0.226 e. The molecule has 2 N–H and O–H groups in total. The second-order valence-corrected chi connectivity index (χ2v) is 4.78. The average Bonchev–Trinajstić information content (AvgIpc) is 2.87. The molecule has 2 rings (SSSR count). The molecular formula is C13H22N6O. The van der Waals surface area contributed by atoms with Crippen LogP contribution < -0.4 is 10.2 Å². The molecule has 7 heteroatoms. The van der Waals surface area contributed by atoms with E-state index in [0.717, 1.165) is 24.4 Å². The summed E-state index contributed by atoms with van der Waals surface area (Å²) in [5.41, 5.74) is 1.53. The van der Waals surface area contributed by atoms with Crippen molar-refractivity contribution >= 4 is 22.9 Å². The van der Waals surface area contributed by atoms with Crippen LogP contribution >= 0.6 is 0 Å². The predicted octanol–water partition coefficient (Wildman–Crippen LogP) is 1.65. The fraction of sp³-hybridized carbons (Fsp3) is 0.615. The van der Waals surface area contributed by atoms with Gasteiger partial charge in [-0.15, -0.1) is 0 Å². The highest BCUT2D eigenvalue weighted by molar-refractivity contribution is 5.84. The average molecular weight is 278 g/mol. The minimum Gasteiger partial charge on any atom is -0.383 e. The van der Waals surface area contributed by atoms with Gasteiger partial charge in [-0.1, -0.05) is 0 Å². The third-order valence-corrected chi connectivity index (χ3v) is 3.03. The Kier molecular flexibility index (Phi) is 4.73. The van der Waals surface area contributed by atoms with E-state index in [9.17, 15) is 0 Å². The molecule has 110 valence electrons. The van der Waals surface area contributed by atoms with Gasteiger partial charge in [-0.3, -0.25) is 0 Å². The molecule has 0 saturated carbocycles. The third kappa shape index (κ3) is 2.98. The van der Waals surface area contributed by atoms with Gasteiger partial charge in [0.1, 0.15) is 5.52 Å². The second kappa shape index (κ2) is 6.51. The number of methoxy groups -OCH3 is 1. The van der Waals surface area contributed by atoms with Gasteiger partial charge in [-0.2, -0.15) is 9.97 Å². The van der Waals surface area contributed by atoms with Crippen molar-refractivity contribution < 1.29 is 4.74 Å². The molecular weight excluding hydrogens is 256 g/mol. The number of H-pyrrole nitrogens is 1. The van der Waals surface area contributed by atoms with Gasteiger partial charge in [0.2, 0.25) is 5.95 Å². The number of anilines is 2. The van der Waals surface area contributed by atoms with E-state index in [1.54, 1.807) is 13.4 Å². The summed E-state index contributed by atoms with van der Waals surface area (Å²) in [4.78, 5) is 18.5. The fourth-order valence-electron chi connectivity index (χ4n) is 2.06. The highest BCUT2D eigenvalue weighted by Crippen LogP contribution is 2.24.